The minimum atomic E-state index is -6.41. The van der Waals surface area contributed by atoms with Crippen LogP contribution in [0.25, 0.3) is 22.5 Å². The van der Waals surface area contributed by atoms with Crippen LogP contribution in [0.1, 0.15) is 39.1 Å². The molecule has 0 saturated heterocycles. The summed E-state index contributed by atoms with van der Waals surface area (Å²) in [5.41, 5.74) is -9.03. The van der Waals surface area contributed by atoms with E-state index in [4.69, 9.17) is 0 Å². The van der Waals surface area contributed by atoms with E-state index in [1.807, 2.05) is 0 Å². The zero-order chi connectivity index (χ0) is 36.0. The summed E-state index contributed by atoms with van der Waals surface area (Å²) in [6.07, 6.45) is -5.23. The first-order chi connectivity index (χ1) is 22.0. The van der Waals surface area contributed by atoms with Gasteiger partial charge in [0.25, 0.3) is 9.84 Å². The Hall–Kier alpha value is -3.74. The zero-order valence-corrected chi connectivity index (χ0v) is 26.5. The number of aromatic nitrogens is 2. The lowest BCUT2D eigenvalue weighted by Gasteiger charge is -2.41. The fraction of sp³-hybridized carbons (Fsp3) is 0.267. The number of halogens is 10. The van der Waals surface area contributed by atoms with Crippen LogP contribution in [-0.4, -0.2) is 30.3 Å². The summed E-state index contributed by atoms with van der Waals surface area (Å²) < 4.78 is 163. The van der Waals surface area contributed by atoms with Gasteiger partial charge in [-0.15, -0.1) is 22.4 Å². The topological polar surface area (TPSA) is 78.4 Å². The highest BCUT2D eigenvalue weighted by Crippen LogP contribution is 2.44. The molecule has 0 aliphatic heterocycles. The Kier molecular flexibility index (Phi) is 10.00. The van der Waals surface area contributed by atoms with Crippen LogP contribution >= 0.6 is 12.0 Å². The monoisotopic (exact) mass is 728 g/mol. The zero-order valence-electron chi connectivity index (χ0n) is 24.9. The van der Waals surface area contributed by atoms with Gasteiger partial charge in [-0.1, -0.05) is 39.8 Å². The van der Waals surface area contributed by atoms with Gasteiger partial charge in [0.15, 0.2) is 11.6 Å². The van der Waals surface area contributed by atoms with E-state index in [0.717, 1.165) is 18.2 Å². The molecular formula is C30H22F10N2O4S2. The number of alkyl halides is 6. The van der Waals surface area contributed by atoms with Gasteiger partial charge in [-0.3, -0.25) is 9.97 Å². The number of hydrogen-bond donors (Lipinski definition) is 0. The van der Waals surface area contributed by atoms with Crippen LogP contribution in [-0.2, 0) is 29.9 Å². The predicted molar refractivity (Wildman–Crippen MR) is 153 cm³/mol. The van der Waals surface area contributed by atoms with Crippen molar-refractivity contribution in [1.29, 1.82) is 0 Å². The van der Waals surface area contributed by atoms with Gasteiger partial charge in [-0.05, 0) is 48.5 Å². The lowest BCUT2D eigenvalue weighted by molar-refractivity contribution is -0.440. The maximum Gasteiger partial charge on any atom is 0.550 e. The minimum absolute atomic E-state index is 0.0547. The van der Waals surface area contributed by atoms with Gasteiger partial charge in [0.1, 0.15) is 21.4 Å². The first-order valence-electron chi connectivity index (χ1n) is 13.3. The van der Waals surface area contributed by atoms with Crippen molar-refractivity contribution in [3.8, 4) is 22.5 Å². The molecule has 4 aromatic rings. The average Bonchev–Trinajstić information content (AvgIpc) is 2.97. The largest absolute Gasteiger partial charge is 0.550 e. The molecule has 0 bridgehead atoms. The Morgan fingerprint density at radius 1 is 0.646 bits per heavy atom. The molecule has 2 heterocycles. The second kappa shape index (κ2) is 12.9. The van der Waals surface area contributed by atoms with Gasteiger partial charge >= 0.3 is 11.9 Å². The van der Waals surface area contributed by atoms with Crippen LogP contribution in [0.5, 0.6) is 0 Å². The van der Waals surface area contributed by atoms with Crippen LogP contribution in [0.3, 0.4) is 0 Å². The number of pyridine rings is 2. The quantitative estimate of drug-likeness (QED) is 0.0736. The first-order valence-corrected chi connectivity index (χ1v) is 15.6. The molecule has 2 aromatic heterocycles. The maximum absolute atomic E-state index is 15.3. The van der Waals surface area contributed by atoms with Crippen molar-refractivity contribution in [3.63, 3.8) is 0 Å². The highest BCUT2D eigenvalue weighted by Gasteiger charge is 2.50. The van der Waals surface area contributed by atoms with Crippen molar-refractivity contribution in [3.05, 3.63) is 95.3 Å². The van der Waals surface area contributed by atoms with Crippen LogP contribution < -0.4 is 0 Å². The van der Waals surface area contributed by atoms with Crippen LogP contribution in [0, 0.1) is 23.3 Å². The fourth-order valence-corrected chi connectivity index (χ4v) is 5.91. The van der Waals surface area contributed by atoms with Crippen LogP contribution in [0.4, 0.5) is 43.9 Å². The summed E-state index contributed by atoms with van der Waals surface area (Å²) in [5, 5.41) is 0. The van der Waals surface area contributed by atoms with Gasteiger partial charge in [-0.25, -0.2) is 26.0 Å². The van der Waals surface area contributed by atoms with E-state index in [1.54, 1.807) is 33.8 Å². The third-order valence-electron chi connectivity index (χ3n) is 7.81. The Morgan fingerprint density at radius 2 is 1.10 bits per heavy atom. The third kappa shape index (κ3) is 7.02. The molecule has 0 N–H and O–H groups in total. The van der Waals surface area contributed by atoms with Gasteiger partial charge in [0, 0.05) is 33.3 Å². The number of benzene rings is 2. The standard InChI is InChI=1S/C30H22F10N2O4S2/c1-27(2,21-9-5-7-19(41-21)15-11-13-17(31)25(23(15)33)47-46-45-29(35,36)37)28(3,4)22-10-6-8-20(42-22)16-12-14-18(32)26(24(16)34)48(43,44)30(38,39)40/h5-14H,1-4H3. The summed E-state index contributed by atoms with van der Waals surface area (Å²) in [5.74, 6) is -6.47. The first kappa shape index (κ1) is 37.1. The van der Waals surface area contributed by atoms with E-state index >= 15 is 8.78 Å². The van der Waals surface area contributed by atoms with Gasteiger partial charge in [0.2, 0.25) is 0 Å². The highest BCUT2D eigenvalue weighted by atomic mass is 32.2. The summed E-state index contributed by atoms with van der Waals surface area (Å²) >= 11 is -0.340. The SMILES string of the molecule is CC(C)(c1cccc(-c2ccc(F)c(SOOC(F)(F)F)c2F)n1)C(C)(C)c1cccc(-c2ccc(F)c(S(=O)(=O)C(F)(F)F)c2F)n1. The fourth-order valence-electron chi connectivity index (χ4n) is 4.49. The van der Waals surface area contributed by atoms with Gasteiger partial charge in [0.05, 0.1) is 23.4 Å². The molecule has 18 heteroatoms. The van der Waals surface area contributed by atoms with Crippen molar-refractivity contribution in [2.45, 2.75) is 60.2 Å². The molecule has 0 atom stereocenters. The second-order valence-electron chi connectivity index (χ2n) is 11.2. The summed E-state index contributed by atoms with van der Waals surface area (Å²) in [7, 11) is -6.41. The molecule has 258 valence electrons. The lowest BCUT2D eigenvalue weighted by Crippen LogP contribution is -2.41. The summed E-state index contributed by atoms with van der Waals surface area (Å²) in [4.78, 5) is 8.87. The van der Waals surface area contributed by atoms with Crippen molar-refractivity contribution >= 4 is 21.9 Å². The molecule has 0 spiro atoms. The minimum Gasteiger partial charge on any atom is -0.252 e. The van der Waals surface area contributed by atoms with E-state index in [9.17, 15) is 43.5 Å². The number of hydrogen-bond acceptors (Lipinski definition) is 7. The lowest BCUT2D eigenvalue weighted by atomic mass is 9.64. The molecule has 0 fully saturated rings. The van der Waals surface area contributed by atoms with Crippen molar-refractivity contribution in [2.75, 3.05) is 0 Å². The van der Waals surface area contributed by atoms with Gasteiger partial charge < -0.3 is 0 Å². The average molecular weight is 729 g/mol. The van der Waals surface area contributed by atoms with E-state index < -0.39 is 71.2 Å². The molecule has 4 rings (SSSR count). The Balaban J connectivity index is 1.74. The second-order valence-corrected chi connectivity index (χ2v) is 13.8. The van der Waals surface area contributed by atoms with Crippen LogP contribution in [0.2, 0.25) is 0 Å². The van der Waals surface area contributed by atoms with Gasteiger partial charge in [-0.2, -0.15) is 13.2 Å². The molecule has 0 aliphatic rings. The summed E-state index contributed by atoms with van der Waals surface area (Å²) in [6, 6.07) is 11.4. The Labute approximate surface area is 271 Å². The number of nitrogens with zero attached hydrogens (tertiary/aromatic N) is 2. The van der Waals surface area contributed by atoms with Crippen molar-refractivity contribution in [1.82, 2.24) is 9.97 Å². The normalized spacial score (nSPS) is 13.2. The Bertz CT molecular complexity index is 1960. The number of rotatable bonds is 9. The van der Waals surface area contributed by atoms with Crippen molar-refractivity contribution < 1.29 is 61.5 Å². The molecule has 0 aliphatic carbocycles. The molecule has 48 heavy (non-hydrogen) atoms. The smallest absolute Gasteiger partial charge is 0.252 e. The van der Waals surface area contributed by atoms with E-state index in [-0.39, 0.29) is 34.7 Å². The van der Waals surface area contributed by atoms with Crippen molar-refractivity contribution in [2.24, 2.45) is 0 Å². The molecule has 0 unspecified atom stereocenters. The third-order valence-corrected chi connectivity index (χ3v) is 10.0. The highest BCUT2D eigenvalue weighted by molar-refractivity contribution is 7.94. The maximum atomic E-state index is 15.3. The van der Waals surface area contributed by atoms with E-state index in [0.29, 0.717) is 11.8 Å². The molecular weight excluding hydrogens is 706 g/mol. The molecule has 6 nitrogen and oxygen atoms in total. The van der Waals surface area contributed by atoms with Crippen LogP contribution in [0.15, 0.2) is 70.5 Å². The number of sulfone groups is 1. The van der Waals surface area contributed by atoms with E-state index in [1.165, 1.54) is 30.3 Å². The molecule has 2 aromatic carbocycles. The molecule has 0 radical (unpaired) electrons. The predicted octanol–water partition coefficient (Wildman–Crippen LogP) is 9.39. The molecule has 0 saturated carbocycles. The molecule has 0 amide bonds. The van der Waals surface area contributed by atoms with E-state index in [2.05, 4.69) is 19.2 Å². The summed E-state index contributed by atoms with van der Waals surface area (Å²) in [6.45, 7) is 6.76. The Morgan fingerprint density at radius 3 is 1.56 bits per heavy atom.